The highest BCUT2D eigenvalue weighted by atomic mass is 19.1. The number of primary amides is 1. The van der Waals surface area contributed by atoms with Crippen molar-refractivity contribution in [3.05, 3.63) is 71.7 Å². The number of benzene rings is 2. The molecule has 2 heterocycles. The Morgan fingerprint density at radius 3 is 2.45 bits per heavy atom. The molecular weight excluding hydrogens is 381 g/mol. The molecule has 0 aliphatic rings. The lowest BCUT2D eigenvalue weighted by Crippen LogP contribution is -2.17. The molecule has 0 unspecified atom stereocenters. The highest BCUT2D eigenvalue weighted by molar-refractivity contribution is 6.14. The third-order valence-electron chi connectivity index (χ3n) is 4.32. The van der Waals surface area contributed by atoms with Crippen LogP contribution in [0.2, 0.25) is 0 Å². The largest absolute Gasteiger partial charge is 0.494 e. The van der Waals surface area contributed by atoms with Gasteiger partial charge >= 0.3 is 0 Å². The fourth-order valence-corrected chi connectivity index (χ4v) is 3.02. The quantitative estimate of drug-likeness (QED) is 0.422. The van der Waals surface area contributed by atoms with Gasteiger partial charge in [-0.15, -0.1) is 0 Å². The van der Waals surface area contributed by atoms with Gasteiger partial charge < -0.3 is 25.7 Å². The fourth-order valence-electron chi connectivity index (χ4n) is 3.02. The number of nitrogens with one attached hydrogen (secondary N) is 1. The number of carbonyl (C=O) groups is 2. The van der Waals surface area contributed by atoms with Crippen LogP contribution < -0.4 is 11.1 Å². The summed E-state index contributed by atoms with van der Waals surface area (Å²) in [6.45, 7) is 0. The summed E-state index contributed by atoms with van der Waals surface area (Å²) in [5.74, 6) is -2.87. The minimum atomic E-state index is -0.923. The lowest BCUT2D eigenvalue weighted by molar-refractivity contribution is 0.0977. The monoisotopic (exact) mass is 395 g/mol. The van der Waals surface area contributed by atoms with E-state index in [2.05, 4.69) is 5.32 Å². The van der Waals surface area contributed by atoms with Crippen LogP contribution in [0.3, 0.4) is 0 Å². The van der Waals surface area contributed by atoms with Gasteiger partial charge in [-0.1, -0.05) is 6.07 Å². The van der Waals surface area contributed by atoms with Gasteiger partial charge in [0.2, 0.25) is 5.76 Å². The Hall–Kier alpha value is -4.27. The first-order valence-electron chi connectivity index (χ1n) is 8.38. The van der Waals surface area contributed by atoms with Crippen molar-refractivity contribution in [2.45, 2.75) is 0 Å². The van der Waals surface area contributed by atoms with Crippen LogP contribution in [-0.2, 0) is 0 Å². The molecule has 0 atom stereocenters. The molecule has 0 saturated heterocycles. The van der Waals surface area contributed by atoms with E-state index in [1.165, 1.54) is 30.3 Å². The summed E-state index contributed by atoms with van der Waals surface area (Å²) in [4.78, 5) is 24.5. The third kappa shape index (κ3) is 3.14. The van der Waals surface area contributed by atoms with Gasteiger partial charge in [0.15, 0.2) is 11.8 Å². The van der Waals surface area contributed by atoms with E-state index in [0.29, 0.717) is 5.69 Å². The molecule has 0 bridgehead atoms. The number of nitrogens with zero attached hydrogens (tertiary/aromatic N) is 1. The van der Waals surface area contributed by atoms with Crippen molar-refractivity contribution >= 4 is 28.5 Å². The van der Waals surface area contributed by atoms with Gasteiger partial charge in [0.1, 0.15) is 17.1 Å². The van der Waals surface area contributed by atoms with Gasteiger partial charge in [0.05, 0.1) is 5.69 Å². The molecule has 0 spiro atoms. The molecule has 2 aromatic carbocycles. The number of furan rings is 1. The van der Waals surface area contributed by atoms with Crippen molar-refractivity contribution in [2.24, 2.45) is 5.73 Å². The molecule has 4 rings (SSSR count). The zero-order valence-electron chi connectivity index (χ0n) is 14.7. The lowest BCUT2D eigenvalue weighted by Gasteiger charge is -2.09. The average molecular weight is 395 g/mol. The normalized spacial score (nSPS) is 10.9. The van der Waals surface area contributed by atoms with E-state index >= 15 is 0 Å². The SMILES string of the molecule is NC(=O)c1oc2ccc(F)cc2c1NC(=O)c1cccc(-n2c(O)ccc2O)c1. The average Bonchev–Trinajstić information content (AvgIpc) is 3.21. The molecule has 2 amide bonds. The van der Waals surface area contributed by atoms with Crippen molar-refractivity contribution < 1.29 is 28.6 Å². The summed E-state index contributed by atoms with van der Waals surface area (Å²) < 4.78 is 20.1. The smallest absolute Gasteiger partial charge is 0.286 e. The van der Waals surface area contributed by atoms with Crippen LogP contribution >= 0.6 is 0 Å². The van der Waals surface area contributed by atoms with Crippen LogP contribution in [0.4, 0.5) is 10.1 Å². The number of aromatic nitrogens is 1. The lowest BCUT2D eigenvalue weighted by atomic mass is 10.1. The number of amides is 2. The first-order chi connectivity index (χ1) is 13.8. The number of aromatic hydroxyl groups is 2. The van der Waals surface area contributed by atoms with Crippen molar-refractivity contribution in [3.8, 4) is 17.4 Å². The molecule has 0 aliphatic carbocycles. The predicted octanol–water partition coefficient (Wildman–Crippen LogP) is 3.13. The molecule has 4 aromatic rings. The number of carbonyl (C=O) groups excluding carboxylic acids is 2. The first kappa shape index (κ1) is 18.1. The van der Waals surface area contributed by atoms with E-state index in [-0.39, 0.29) is 39.7 Å². The van der Waals surface area contributed by atoms with Crippen LogP contribution in [0.25, 0.3) is 16.7 Å². The molecule has 0 saturated carbocycles. The standard InChI is InChI=1S/C20H14FN3O5/c21-11-4-5-14-13(9-11)17(18(29-14)19(22)27)23-20(28)10-2-1-3-12(8-10)24-15(25)6-7-16(24)26/h1-9,25-26H,(H2,22,27)(H,23,28). The highest BCUT2D eigenvalue weighted by Gasteiger charge is 2.22. The Balaban J connectivity index is 1.74. The summed E-state index contributed by atoms with van der Waals surface area (Å²) in [6.07, 6.45) is 0. The molecular formula is C20H14FN3O5. The summed E-state index contributed by atoms with van der Waals surface area (Å²) in [5, 5.41) is 22.4. The van der Waals surface area contributed by atoms with Gasteiger partial charge in [-0.2, -0.15) is 0 Å². The number of hydrogen-bond donors (Lipinski definition) is 4. The third-order valence-corrected chi connectivity index (χ3v) is 4.32. The Morgan fingerprint density at radius 2 is 1.76 bits per heavy atom. The van der Waals surface area contributed by atoms with Crippen molar-refractivity contribution in [1.82, 2.24) is 4.57 Å². The summed E-state index contributed by atoms with van der Waals surface area (Å²) >= 11 is 0. The summed E-state index contributed by atoms with van der Waals surface area (Å²) in [5.41, 5.74) is 5.93. The minimum absolute atomic E-state index is 0.0472. The van der Waals surface area contributed by atoms with Crippen LogP contribution in [0.1, 0.15) is 20.9 Å². The number of anilines is 1. The maximum Gasteiger partial charge on any atom is 0.286 e. The Morgan fingerprint density at radius 1 is 1.03 bits per heavy atom. The number of nitrogens with two attached hydrogens (primary N) is 1. The molecule has 146 valence electrons. The van der Waals surface area contributed by atoms with E-state index in [1.54, 1.807) is 12.1 Å². The van der Waals surface area contributed by atoms with Crippen molar-refractivity contribution in [2.75, 3.05) is 5.32 Å². The summed E-state index contributed by atoms with van der Waals surface area (Å²) in [7, 11) is 0. The number of hydrogen-bond acceptors (Lipinski definition) is 5. The van der Waals surface area contributed by atoms with Gasteiger partial charge in [-0.25, -0.2) is 4.39 Å². The number of halogens is 1. The van der Waals surface area contributed by atoms with Crippen LogP contribution in [0, 0.1) is 5.82 Å². The maximum absolute atomic E-state index is 13.7. The molecule has 0 radical (unpaired) electrons. The molecule has 0 fully saturated rings. The minimum Gasteiger partial charge on any atom is -0.494 e. The van der Waals surface area contributed by atoms with Crippen LogP contribution in [-0.4, -0.2) is 26.6 Å². The fraction of sp³-hybridized carbons (Fsp3) is 0. The van der Waals surface area contributed by atoms with Gasteiger partial charge in [-0.3, -0.25) is 14.2 Å². The second-order valence-electron chi connectivity index (χ2n) is 6.20. The molecule has 9 heteroatoms. The van der Waals surface area contributed by atoms with Crippen LogP contribution in [0.15, 0.2) is 59.0 Å². The molecule has 2 aromatic heterocycles. The molecule has 29 heavy (non-hydrogen) atoms. The topological polar surface area (TPSA) is 131 Å². The Labute approximate surface area is 162 Å². The molecule has 5 N–H and O–H groups in total. The van der Waals surface area contributed by atoms with E-state index in [0.717, 1.165) is 16.7 Å². The van der Waals surface area contributed by atoms with E-state index < -0.39 is 17.6 Å². The van der Waals surface area contributed by atoms with Crippen molar-refractivity contribution in [3.63, 3.8) is 0 Å². The summed E-state index contributed by atoms with van der Waals surface area (Å²) in [6, 6.07) is 12.2. The van der Waals surface area contributed by atoms with E-state index in [9.17, 15) is 24.2 Å². The molecule has 8 nitrogen and oxygen atoms in total. The predicted molar refractivity (Wildman–Crippen MR) is 102 cm³/mol. The second-order valence-corrected chi connectivity index (χ2v) is 6.20. The zero-order valence-corrected chi connectivity index (χ0v) is 14.7. The van der Waals surface area contributed by atoms with Gasteiger partial charge in [-0.05, 0) is 36.4 Å². The highest BCUT2D eigenvalue weighted by Crippen LogP contribution is 2.32. The zero-order chi connectivity index (χ0) is 20.7. The van der Waals surface area contributed by atoms with Crippen molar-refractivity contribution in [1.29, 1.82) is 0 Å². The molecule has 0 aliphatic heterocycles. The van der Waals surface area contributed by atoms with Gasteiger partial charge in [0, 0.05) is 23.1 Å². The Bertz CT molecular complexity index is 1260. The van der Waals surface area contributed by atoms with E-state index in [4.69, 9.17) is 10.2 Å². The number of fused-ring (bicyclic) bond motifs is 1. The maximum atomic E-state index is 13.7. The van der Waals surface area contributed by atoms with Crippen LogP contribution in [0.5, 0.6) is 11.8 Å². The number of rotatable bonds is 4. The first-order valence-corrected chi connectivity index (χ1v) is 8.38. The van der Waals surface area contributed by atoms with E-state index in [1.807, 2.05) is 0 Å². The second kappa shape index (κ2) is 6.71. The Kier molecular flexibility index (Phi) is 4.19. The van der Waals surface area contributed by atoms with Gasteiger partial charge in [0.25, 0.3) is 11.8 Å².